The average molecular weight is 700 g/mol. The Bertz CT molecular complexity index is 1290. The number of nitrogens with one attached hydrogen (secondary N) is 1. The summed E-state index contributed by atoms with van der Waals surface area (Å²) in [5.41, 5.74) is 8.75. The number of rotatable bonds is 29. The summed E-state index contributed by atoms with van der Waals surface area (Å²) in [6, 6.07) is 15.4. The molecule has 3 N–H and O–H groups in total. The fourth-order valence-electron chi connectivity index (χ4n) is 4.64. The van der Waals surface area contributed by atoms with Crippen LogP contribution in [0.2, 0.25) is 0 Å². The Morgan fingerprint density at radius 3 is 1.56 bits per heavy atom. The van der Waals surface area contributed by atoms with Gasteiger partial charge in [-0.25, -0.2) is 0 Å². The molecule has 1 heterocycles. The molecular formula is C37H53N3O10. The third kappa shape index (κ3) is 18.0. The molecule has 13 nitrogen and oxygen atoms in total. The van der Waals surface area contributed by atoms with Gasteiger partial charge in [-0.1, -0.05) is 42.2 Å². The zero-order valence-corrected chi connectivity index (χ0v) is 29.1. The number of hydrogen-bond acceptors (Lipinski definition) is 11. The van der Waals surface area contributed by atoms with Gasteiger partial charge in [-0.2, -0.15) is 0 Å². The van der Waals surface area contributed by atoms with Crippen LogP contribution in [-0.2, 0) is 54.0 Å². The Labute approximate surface area is 295 Å². The molecule has 2 aromatic rings. The first kappa shape index (κ1) is 41.0. The first-order chi connectivity index (χ1) is 24.7. The van der Waals surface area contributed by atoms with Gasteiger partial charge in [0.05, 0.1) is 118 Å². The highest BCUT2D eigenvalue weighted by molar-refractivity contribution is 5.96. The fourth-order valence-corrected chi connectivity index (χ4v) is 4.64. The smallest absolute Gasteiger partial charge is 0.227 e. The summed E-state index contributed by atoms with van der Waals surface area (Å²) in [6.07, 6.45) is 0.182. The second kappa shape index (κ2) is 27.3. The molecule has 0 radical (unpaired) electrons. The van der Waals surface area contributed by atoms with Crippen LogP contribution in [0.15, 0.2) is 48.5 Å². The van der Waals surface area contributed by atoms with Crippen molar-refractivity contribution in [1.29, 1.82) is 0 Å². The van der Waals surface area contributed by atoms with Crippen LogP contribution >= 0.6 is 0 Å². The largest absolute Gasteiger partial charge is 0.378 e. The van der Waals surface area contributed by atoms with E-state index in [0.29, 0.717) is 125 Å². The molecule has 0 bridgehead atoms. The molecule has 0 aliphatic carbocycles. The Balaban J connectivity index is 1.07. The van der Waals surface area contributed by atoms with Gasteiger partial charge in [0.1, 0.15) is 0 Å². The molecule has 3 rings (SSSR count). The number of para-hydroxylation sites is 1. The summed E-state index contributed by atoms with van der Waals surface area (Å²) in [7, 11) is 0. The Morgan fingerprint density at radius 2 is 1.02 bits per heavy atom. The molecule has 0 fully saturated rings. The van der Waals surface area contributed by atoms with Crippen molar-refractivity contribution in [2.45, 2.75) is 19.4 Å². The summed E-state index contributed by atoms with van der Waals surface area (Å²) in [6.45, 7) is 8.94. The van der Waals surface area contributed by atoms with Crippen LogP contribution in [-0.4, -0.2) is 131 Å². The Kier molecular flexibility index (Phi) is 22.4. The number of nitrogens with zero attached hydrogens (tertiary/aromatic N) is 1. The van der Waals surface area contributed by atoms with Gasteiger partial charge in [0.25, 0.3) is 0 Å². The number of hydrogen-bond donors (Lipinski definition) is 2. The zero-order chi connectivity index (χ0) is 35.3. The van der Waals surface area contributed by atoms with Crippen LogP contribution in [0.3, 0.4) is 0 Å². The van der Waals surface area contributed by atoms with E-state index in [4.69, 9.17) is 43.6 Å². The third-order valence-electron chi connectivity index (χ3n) is 7.17. The lowest BCUT2D eigenvalue weighted by molar-refractivity contribution is -0.125. The number of fused-ring (bicyclic) bond motifs is 2. The lowest BCUT2D eigenvalue weighted by Crippen LogP contribution is -2.34. The van der Waals surface area contributed by atoms with Gasteiger partial charge >= 0.3 is 0 Å². The molecule has 0 saturated heterocycles. The highest BCUT2D eigenvalue weighted by atomic mass is 16.6. The molecule has 0 aromatic heterocycles. The highest BCUT2D eigenvalue weighted by Crippen LogP contribution is 2.26. The van der Waals surface area contributed by atoms with Gasteiger partial charge in [0, 0.05) is 37.1 Å². The number of ether oxygens (including phenoxy) is 8. The first-order valence-electron chi connectivity index (χ1n) is 17.3. The van der Waals surface area contributed by atoms with Crippen LogP contribution in [0.25, 0.3) is 0 Å². The number of carbonyl (C=O) groups is 2. The van der Waals surface area contributed by atoms with E-state index in [1.54, 1.807) is 4.90 Å². The van der Waals surface area contributed by atoms with Crippen molar-refractivity contribution in [3.63, 3.8) is 0 Å². The molecule has 0 atom stereocenters. The number of amides is 2. The second-order valence-electron chi connectivity index (χ2n) is 10.9. The van der Waals surface area contributed by atoms with Crippen LogP contribution in [0.1, 0.15) is 29.5 Å². The maximum Gasteiger partial charge on any atom is 0.227 e. The molecule has 0 spiro atoms. The van der Waals surface area contributed by atoms with E-state index in [9.17, 15) is 9.59 Å². The summed E-state index contributed by atoms with van der Waals surface area (Å²) < 4.78 is 43.5. The molecular weight excluding hydrogens is 646 g/mol. The molecule has 1 aliphatic heterocycles. The SMILES string of the molecule is NCCOCCOCCOCCOCCOCCOCCOCCOCCNC(=O)CCC(=O)N1Cc2ccccc2C#Cc2ccccc21. The van der Waals surface area contributed by atoms with Crippen molar-refractivity contribution in [1.82, 2.24) is 5.32 Å². The maximum atomic E-state index is 13.3. The number of carbonyl (C=O) groups excluding carboxylic acids is 2. The standard InChI is InChI=1S/C37H53N3O10/c38-13-15-43-17-19-45-21-23-47-25-27-49-29-30-50-28-26-48-24-22-46-20-18-44-16-14-39-36(41)11-12-37(42)40-31-34-7-2-1-5-32(34)9-10-33-6-3-4-8-35(33)40/h1-8H,11-31,38H2,(H,39,41). The van der Waals surface area contributed by atoms with Gasteiger partial charge in [-0.15, -0.1) is 0 Å². The van der Waals surface area contributed by atoms with Crippen LogP contribution in [0, 0.1) is 11.8 Å². The highest BCUT2D eigenvalue weighted by Gasteiger charge is 2.21. The van der Waals surface area contributed by atoms with Crippen LogP contribution in [0.5, 0.6) is 0 Å². The van der Waals surface area contributed by atoms with Crippen molar-refractivity contribution in [2.75, 3.05) is 124 Å². The summed E-state index contributed by atoms with van der Waals surface area (Å²) >= 11 is 0. The minimum Gasteiger partial charge on any atom is -0.378 e. The van der Waals surface area contributed by atoms with E-state index in [-0.39, 0.29) is 24.7 Å². The van der Waals surface area contributed by atoms with Crippen molar-refractivity contribution >= 4 is 17.5 Å². The topological polar surface area (TPSA) is 149 Å². The second-order valence-corrected chi connectivity index (χ2v) is 10.9. The molecule has 50 heavy (non-hydrogen) atoms. The molecule has 2 aromatic carbocycles. The van der Waals surface area contributed by atoms with Crippen molar-refractivity contribution in [3.8, 4) is 11.8 Å². The first-order valence-corrected chi connectivity index (χ1v) is 17.3. The van der Waals surface area contributed by atoms with E-state index in [1.807, 2.05) is 48.5 Å². The summed E-state index contributed by atoms with van der Waals surface area (Å²) in [4.78, 5) is 27.4. The van der Waals surface area contributed by atoms with Gasteiger partial charge in [-0.3, -0.25) is 9.59 Å². The summed E-state index contributed by atoms with van der Waals surface area (Å²) in [5, 5.41) is 2.81. The molecule has 2 amide bonds. The van der Waals surface area contributed by atoms with E-state index >= 15 is 0 Å². The molecule has 0 saturated carbocycles. The molecule has 13 heteroatoms. The van der Waals surface area contributed by atoms with Gasteiger partial charge < -0.3 is 53.8 Å². The van der Waals surface area contributed by atoms with Gasteiger partial charge in [0.2, 0.25) is 11.8 Å². The van der Waals surface area contributed by atoms with Crippen LogP contribution < -0.4 is 16.0 Å². The lowest BCUT2D eigenvalue weighted by Gasteiger charge is -2.26. The third-order valence-corrected chi connectivity index (χ3v) is 7.17. The molecule has 276 valence electrons. The van der Waals surface area contributed by atoms with Gasteiger partial charge in [0.15, 0.2) is 0 Å². The predicted octanol–water partition coefficient (Wildman–Crippen LogP) is 1.92. The minimum atomic E-state index is -0.198. The van der Waals surface area contributed by atoms with E-state index < -0.39 is 0 Å². The minimum absolute atomic E-state index is 0.0904. The Hall–Kier alpha value is -3.42. The zero-order valence-electron chi connectivity index (χ0n) is 29.1. The van der Waals surface area contributed by atoms with E-state index in [1.165, 1.54) is 0 Å². The van der Waals surface area contributed by atoms with E-state index in [0.717, 1.165) is 22.4 Å². The maximum absolute atomic E-state index is 13.3. The molecule has 0 unspecified atom stereocenters. The van der Waals surface area contributed by atoms with Crippen LogP contribution in [0.4, 0.5) is 5.69 Å². The Morgan fingerprint density at radius 1 is 0.580 bits per heavy atom. The summed E-state index contributed by atoms with van der Waals surface area (Å²) in [5.74, 6) is 6.07. The number of anilines is 1. The number of benzene rings is 2. The average Bonchev–Trinajstić information content (AvgIpc) is 3.13. The number of nitrogens with two attached hydrogens (primary N) is 1. The van der Waals surface area contributed by atoms with Crippen molar-refractivity contribution < 1.29 is 47.5 Å². The monoisotopic (exact) mass is 699 g/mol. The predicted molar refractivity (Wildman–Crippen MR) is 188 cm³/mol. The van der Waals surface area contributed by atoms with Gasteiger partial charge in [-0.05, 0) is 23.8 Å². The van der Waals surface area contributed by atoms with Crippen molar-refractivity contribution in [2.24, 2.45) is 5.73 Å². The van der Waals surface area contributed by atoms with E-state index in [2.05, 4.69) is 17.2 Å². The fraction of sp³-hybridized carbons (Fsp3) is 0.568. The normalized spacial score (nSPS) is 12.0. The molecule has 1 aliphatic rings. The van der Waals surface area contributed by atoms with Crippen molar-refractivity contribution in [3.05, 3.63) is 65.2 Å². The lowest BCUT2D eigenvalue weighted by atomic mass is 10.0. The quantitative estimate of drug-likeness (QED) is 0.0948.